The van der Waals surface area contributed by atoms with E-state index in [1.165, 1.54) is 18.3 Å². The van der Waals surface area contributed by atoms with E-state index in [-0.39, 0.29) is 5.88 Å². The van der Waals surface area contributed by atoms with Gasteiger partial charge in [-0.3, -0.25) is 10.1 Å². The number of nitrogens with zero attached hydrogens (tertiary/aromatic N) is 3. The number of nitro groups is 1. The third-order valence-corrected chi connectivity index (χ3v) is 1.21. The SMILES string of the molecule is CN(C)N=Cc1ccc([N+](=O)[O-])o1. The first-order valence-corrected chi connectivity index (χ1v) is 3.55. The van der Waals surface area contributed by atoms with Crippen LogP contribution in [0.15, 0.2) is 21.7 Å². The molecule has 0 N–H and O–H groups in total. The van der Waals surface area contributed by atoms with Gasteiger partial charge in [0.25, 0.3) is 0 Å². The minimum atomic E-state index is -0.590. The van der Waals surface area contributed by atoms with E-state index in [1.54, 1.807) is 19.1 Å². The predicted molar refractivity (Wildman–Crippen MR) is 46.6 cm³/mol. The number of hydrogen-bond donors (Lipinski definition) is 0. The Labute approximate surface area is 74.6 Å². The largest absolute Gasteiger partial charge is 0.433 e. The molecule has 0 unspecified atom stereocenters. The van der Waals surface area contributed by atoms with Crippen LogP contribution in [0, 0.1) is 10.1 Å². The molecule has 0 aliphatic heterocycles. The molecule has 0 spiro atoms. The Kier molecular flexibility index (Phi) is 2.63. The van der Waals surface area contributed by atoms with Crippen LogP contribution < -0.4 is 0 Å². The molecule has 0 aliphatic rings. The highest BCUT2D eigenvalue weighted by Gasteiger charge is 2.09. The molecular formula is C7H9N3O3. The maximum atomic E-state index is 10.2. The fourth-order valence-electron chi connectivity index (χ4n) is 0.682. The molecule has 1 aromatic heterocycles. The highest BCUT2D eigenvalue weighted by atomic mass is 16.6. The first-order valence-electron chi connectivity index (χ1n) is 3.55. The predicted octanol–water partition coefficient (Wildman–Crippen LogP) is 1.08. The Hall–Kier alpha value is -1.85. The van der Waals surface area contributed by atoms with Gasteiger partial charge in [0.2, 0.25) is 0 Å². The lowest BCUT2D eigenvalue weighted by Crippen LogP contribution is -2.01. The molecule has 1 heterocycles. The first-order chi connectivity index (χ1) is 6.09. The van der Waals surface area contributed by atoms with Crippen molar-refractivity contribution in [1.29, 1.82) is 0 Å². The van der Waals surface area contributed by atoms with Gasteiger partial charge < -0.3 is 9.43 Å². The molecule has 0 amide bonds. The van der Waals surface area contributed by atoms with E-state index in [0.29, 0.717) is 5.76 Å². The van der Waals surface area contributed by atoms with Crippen molar-refractivity contribution in [3.63, 3.8) is 0 Å². The van der Waals surface area contributed by atoms with Crippen molar-refractivity contribution in [1.82, 2.24) is 5.01 Å². The van der Waals surface area contributed by atoms with Crippen molar-refractivity contribution in [2.75, 3.05) is 14.1 Å². The van der Waals surface area contributed by atoms with Crippen molar-refractivity contribution in [2.45, 2.75) is 0 Å². The zero-order valence-electron chi connectivity index (χ0n) is 7.30. The molecule has 0 fully saturated rings. The summed E-state index contributed by atoms with van der Waals surface area (Å²) in [5.41, 5.74) is 0. The third-order valence-electron chi connectivity index (χ3n) is 1.21. The van der Waals surface area contributed by atoms with E-state index in [0.717, 1.165) is 0 Å². The van der Waals surface area contributed by atoms with Gasteiger partial charge in [-0.15, -0.1) is 0 Å². The minimum Gasteiger partial charge on any atom is -0.400 e. The minimum absolute atomic E-state index is 0.278. The summed E-state index contributed by atoms with van der Waals surface area (Å²) in [5, 5.41) is 15.6. The smallest absolute Gasteiger partial charge is 0.400 e. The quantitative estimate of drug-likeness (QED) is 0.399. The van der Waals surface area contributed by atoms with Gasteiger partial charge in [0.15, 0.2) is 5.76 Å². The summed E-state index contributed by atoms with van der Waals surface area (Å²) in [6.07, 6.45) is 1.41. The zero-order valence-corrected chi connectivity index (χ0v) is 7.30. The zero-order chi connectivity index (χ0) is 9.84. The molecule has 0 bridgehead atoms. The highest BCUT2D eigenvalue weighted by Crippen LogP contribution is 2.13. The van der Waals surface area contributed by atoms with Gasteiger partial charge in [0.1, 0.15) is 4.92 Å². The standard InChI is InChI=1S/C7H9N3O3/c1-9(2)8-5-6-3-4-7(13-6)10(11)12/h3-5H,1-2H3. The van der Waals surface area contributed by atoms with E-state index in [2.05, 4.69) is 5.10 Å². The second kappa shape index (κ2) is 3.70. The summed E-state index contributed by atoms with van der Waals surface area (Å²) in [5.74, 6) is 0.0839. The van der Waals surface area contributed by atoms with Gasteiger partial charge in [-0.2, -0.15) is 5.10 Å². The van der Waals surface area contributed by atoms with Crippen molar-refractivity contribution < 1.29 is 9.34 Å². The van der Waals surface area contributed by atoms with E-state index < -0.39 is 4.92 Å². The van der Waals surface area contributed by atoms with Crippen molar-refractivity contribution in [3.8, 4) is 0 Å². The summed E-state index contributed by atoms with van der Waals surface area (Å²) in [4.78, 5) is 9.62. The summed E-state index contributed by atoms with van der Waals surface area (Å²) < 4.78 is 4.82. The molecule has 0 saturated heterocycles. The molecule has 6 heteroatoms. The second-order valence-corrected chi connectivity index (χ2v) is 2.52. The van der Waals surface area contributed by atoms with Crippen LogP contribution in [-0.4, -0.2) is 30.2 Å². The molecule has 0 aliphatic carbocycles. The van der Waals surface area contributed by atoms with E-state index in [1.807, 2.05) is 0 Å². The Balaban J connectivity index is 2.75. The van der Waals surface area contributed by atoms with Crippen LogP contribution >= 0.6 is 0 Å². The van der Waals surface area contributed by atoms with E-state index in [4.69, 9.17) is 4.42 Å². The van der Waals surface area contributed by atoms with Crippen LogP contribution in [0.1, 0.15) is 5.76 Å². The Bertz CT molecular complexity index is 329. The Morgan fingerprint density at radius 1 is 1.62 bits per heavy atom. The van der Waals surface area contributed by atoms with Gasteiger partial charge >= 0.3 is 5.88 Å². The fraction of sp³-hybridized carbons (Fsp3) is 0.286. The molecule has 1 aromatic rings. The summed E-state index contributed by atoms with van der Waals surface area (Å²) in [6, 6.07) is 2.78. The number of hydrazone groups is 1. The van der Waals surface area contributed by atoms with Gasteiger partial charge in [-0.05, 0) is 6.07 Å². The molecule has 0 atom stereocenters. The van der Waals surface area contributed by atoms with Gasteiger partial charge in [0.05, 0.1) is 12.3 Å². The number of hydrogen-bond acceptors (Lipinski definition) is 5. The molecule has 70 valence electrons. The lowest BCUT2D eigenvalue weighted by molar-refractivity contribution is -0.402. The van der Waals surface area contributed by atoms with Crippen LogP contribution in [0.2, 0.25) is 0 Å². The van der Waals surface area contributed by atoms with E-state index >= 15 is 0 Å². The van der Waals surface area contributed by atoms with Gasteiger partial charge in [-0.1, -0.05) is 0 Å². The first kappa shape index (κ1) is 9.24. The third kappa shape index (κ3) is 2.58. The van der Waals surface area contributed by atoms with Crippen molar-refractivity contribution in [3.05, 3.63) is 28.0 Å². The monoisotopic (exact) mass is 183 g/mol. The Morgan fingerprint density at radius 3 is 2.77 bits per heavy atom. The molecular weight excluding hydrogens is 174 g/mol. The molecule has 13 heavy (non-hydrogen) atoms. The number of rotatable bonds is 3. The van der Waals surface area contributed by atoms with Gasteiger partial charge in [-0.25, -0.2) is 0 Å². The van der Waals surface area contributed by atoms with Crippen LogP contribution in [0.5, 0.6) is 0 Å². The van der Waals surface area contributed by atoms with E-state index in [9.17, 15) is 10.1 Å². The highest BCUT2D eigenvalue weighted by molar-refractivity contribution is 5.75. The van der Waals surface area contributed by atoms with Crippen LogP contribution in [0.4, 0.5) is 5.88 Å². The average molecular weight is 183 g/mol. The molecule has 1 rings (SSSR count). The maximum Gasteiger partial charge on any atom is 0.433 e. The Morgan fingerprint density at radius 2 is 2.31 bits per heavy atom. The topological polar surface area (TPSA) is 71.9 Å². The number of furan rings is 1. The fourth-order valence-corrected chi connectivity index (χ4v) is 0.682. The summed E-state index contributed by atoms with van der Waals surface area (Å²) >= 11 is 0. The second-order valence-electron chi connectivity index (χ2n) is 2.52. The lowest BCUT2D eigenvalue weighted by Gasteiger charge is -1.99. The molecule has 6 nitrogen and oxygen atoms in total. The van der Waals surface area contributed by atoms with Crippen LogP contribution in [0.25, 0.3) is 0 Å². The summed E-state index contributed by atoms with van der Waals surface area (Å²) in [6.45, 7) is 0. The molecule has 0 saturated carbocycles. The lowest BCUT2D eigenvalue weighted by atomic mass is 10.5. The summed E-state index contributed by atoms with van der Waals surface area (Å²) in [7, 11) is 3.49. The normalized spacial score (nSPS) is 10.6. The van der Waals surface area contributed by atoms with Crippen LogP contribution in [-0.2, 0) is 0 Å². The molecule has 0 aromatic carbocycles. The maximum absolute atomic E-state index is 10.2. The van der Waals surface area contributed by atoms with Crippen molar-refractivity contribution in [2.24, 2.45) is 5.10 Å². The average Bonchev–Trinajstić information content (AvgIpc) is 2.48. The molecule has 0 radical (unpaired) electrons. The van der Waals surface area contributed by atoms with Crippen LogP contribution in [0.3, 0.4) is 0 Å². The van der Waals surface area contributed by atoms with Gasteiger partial charge in [0, 0.05) is 14.1 Å². The van der Waals surface area contributed by atoms with Crippen molar-refractivity contribution >= 4 is 12.1 Å².